The number of fused-ring (bicyclic) bond motifs is 3. The fourth-order valence-corrected chi connectivity index (χ4v) is 16.1. The first-order chi connectivity index (χ1) is 50.9. The van der Waals surface area contributed by atoms with Gasteiger partial charge in [-0.15, -0.1) is 0 Å². The van der Waals surface area contributed by atoms with E-state index >= 15 is 28.8 Å². The number of amides is 12. The predicted octanol–water partition coefficient (Wildman–Crippen LogP) is 5.74. The summed E-state index contributed by atoms with van der Waals surface area (Å²) >= 11 is 6.18. The molecule has 4 fully saturated rings. The van der Waals surface area contributed by atoms with Crippen molar-refractivity contribution in [2.45, 2.75) is 210 Å². The quantitative estimate of drug-likeness (QED) is 0.159. The highest BCUT2D eigenvalue weighted by molar-refractivity contribution is 6.31. The van der Waals surface area contributed by atoms with Crippen LogP contribution >= 0.6 is 11.6 Å². The molecule has 2 bridgehead atoms. The number of ether oxygens (including phenoxy) is 2. The van der Waals surface area contributed by atoms with E-state index in [1.165, 1.54) is 80.2 Å². The Labute approximate surface area is 638 Å². The minimum atomic E-state index is -4.84. The van der Waals surface area contributed by atoms with Gasteiger partial charge in [-0.1, -0.05) is 88.9 Å². The summed E-state index contributed by atoms with van der Waals surface area (Å²) in [5, 5.41) is 7.81. The maximum Gasteiger partial charge on any atom is 0.417 e. The minimum Gasteiger partial charge on any atom is -0.379 e. The number of hydrogen-bond donors (Lipinski definition) is 3. The zero-order valence-electron chi connectivity index (χ0n) is 64.9. The molecule has 2 aliphatic carbocycles. The van der Waals surface area contributed by atoms with Crippen molar-refractivity contribution in [3.8, 4) is 0 Å². The average molecular weight is 1560 g/mol. The summed E-state index contributed by atoms with van der Waals surface area (Å²) in [5.41, 5.74) is -4.16. The van der Waals surface area contributed by atoms with Crippen molar-refractivity contribution in [2.24, 2.45) is 17.3 Å². The lowest BCUT2D eigenvalue weighted by Crippen LogP contribution is -2.71. The van der Waals surface area contributed by atoms with Crippen molar-refractivity contribution < 1.29 is 93.4 Å². The fraction of sp³-hybridized carbons (Fsp3) is 0.658. The molecule has 2 saturated carbocycles. The van der Waals surface area contributed by atoms with Crippen molar-refractivity contribution in [1.82, 2.24) is 60.0 Å². The Morgan fingerprint density at radius 2 is 1.33 bits per heavy atom. The Morgan fingerprint density at radius 1 is 0.706 bits per heavy atom. The molecule has 2 saturated heterocycles. The molecule has 26 nitrogen and oxygen atoms in total. The highest BCUT2D eigenvalue weighted by Crippen LogP contribution is 2.50. The van der Waals surface area contributed by atoms with Gasteiger partial charge in [0.15, 0.2) is 0 Å². The summed E-state index contributed by atoms with van der Waals surface area (Å²) in [6.07, 6.45) is -7.45. The van der Waals surface area contributed by atoms with E-state index in [0.717, 1.165) is 76.8 Å². The molecule has 0 aromatic heterocycles. The number of halogens is 7. The second-order valence-corrected chi connectivity index (χ2v) is 31.2. The first-order valence-electron chi connectivity index (χ1n) is 37.0. The molecular formula is C76H107ClF6N12O14. The third-order valence-electron chi connectivity index (χ3n) is 22.1. The molecule has 2 aromatic rings. The van der Waals surface area contributed by atoms with Gasteiger partial charge in [-0.2, -0.15) is 26.3 Å². The first kappa shape index (κ1) is 87.8. The van der Waals surface area contributed by atoms with Crippen molar-refractivity contribution in [2.75, 3.05) is 96.3 Å². The van der Waals surface area contributed by atoms with E-state index in [1.54, 1.807) is 32.9 Å². The van der Waals surface area contributed by atoms with Gasteiger partial charge in [0.1, 0.15) is 53.9 Å². The van der Waals surface area contributed by atoms with Crippen LogP contribution < -0.4 is 16.0 Å². The largest absolute Gasteiger partial charge is 0.417 e. The summed E-state index contributed by atoms with van der Waals surface area (Å²) < 4.78 is 95.8. The summed E-state index contributed by atoms with van der Waals surface area (Å²) in [6.45, 7) is 8.44. The Balaban J connectivity index is 1.36. The monoisotopic (exact) mass is 1560 g/mol. The second-order valence-electron chi connectivity index (χ2n) is 30.8. The van der Waals surface area contributed by atoms with E-state index in [1.807, 2.05) is 13.8 Å². The molecule has 2 aromatic carbocycles. The summed E-state index contributed by atoms with van der Waals surface area (Å²) in [7, 11) is 12.0. The molecular weight excluding hydrogens is 1450 g/mol. The SMILES string of the molecule is CCO[C@@H]1C[C@H]2C(=O)NC3(CC(C)(C)C3)C(=O)N(C)[C@@H](C3CCCC3)C(=O)N(C)[C@H](C(=O)N(C)C)CC(=O)N(C)[C@@H]([C@@H](C)OC)C(=O)N[C@@H]([C@@H](C)CC)C(=O)N(C)CC(=O)N(C)[C@@H]3C/C=C\CCN(C3=O)[C@@H](Cc3ccc(C(F)(F)F)cc3)C(=O)N(C)CC(=O)N[C@@H](CCc3ccc(C(F)(F)F)c(Cl)c3)C(=O)N2C1. The number of aryl methyl sites for hydroxylation is 1. The third-order valence-corrected chi connectivity index (χ3v) is 22.4. The number of carbonyl (C=O) groups excluding carboxylic acids is 12. The highest BCUT2D eigenvalue weighted by atomic mass is 35.5. The number of nitrogens with zero attached hydrogens (tertiary/aromatic N) is 9. The van der Waals surface area contributed by atoms with E-state index in [2.05, 4.69) is 16.0 Å². The Morgan fingerprint density at radius 3 is 1.90 bits per heavy atom. The van der Waals surface area contributed by atoms with Crippen molar-refractivity contribution in [3.05, 3.63) is 81.9 Å². The molecule has 109 heavy (non-hydrogen) atoms. The summed E-state index contributed by atoms with van der Waals surface area (Å²) in [5.74, 6) is -10.9. The zero-order valence-corrected chi connectivity index (χ0v) is 65.7. The van der Waals surface area contributed by atoms with Gasteiger partial charge < -0.3 is 69.5 Å². The van der Waals surface area contributed by atoms with E-state index < -0.39 is 209 Å². The number of alkyl halides is 6. The van der Waals surface area contributed by atoms with Crippen LogP contribution in [-0.4, -0.2) is 277 Å². The molecule has 1 spiro atoms. The van der Waals surface area contributed by atoms with Crippen LogP contribution in [0.4, 0.5) is 26.3 Å². The lowest BCUT2D eigenvalue weighted by molar-refractivity contribution is -0.161. The number of carbonyl (C=O) groups is 12. The van der Waals surface area contributed by atoms with Crippen LogP contribution in [0.25, 0.3) is 0 Å². The van der Waals surface area contributed by atoms with Gasteiger partial charge in [0, 0.05) is 96.0 Å². The van der Waals surface area contributed by atoms with Gasteiger partial charge >= 0.3 is 12.4 Å². The molecule has 5 aliphatic rings. The lowest BCUT2D eigenvalue weighted by Gasteiger charge is -2.54. The molecule has 604 valence electrons. The number of likely N-dealkylation sites (N-methyl/N-ethyl adjacent to an activating group) is 7. The van der Waals surface area contributed by atoms with Gasteiger partial charge in [0.2, 0.25) is 70.9 Å². The van der Waals surface area contributed by atoms with E-state index in [0.29, 0.717) is 32.1 Å². The first-order valence-corrected chi connectivity index (χ1v) is 37.4. The van der Waals surface area contributed by atoms with Crippen LogP contribution in [0.15, 0.2) is 54.6 Å². The smallest absolute Gasteiger partial charge is 0.379 e. The predicted molar refractivity (Wildman–Crippen MR) is 390 cm³/mol. The lowest BCUT2D eigenvalue weighted by atomic mass is 9.58. The molecule has 7 rings (SSSR count). The van der Waals surface area contributed by atoms with Crippen LogP contribution in [-0.2, 0) is 92.2 Å². The highest BCUT2D eigenvalue weighted by Gasteiger charge is 2.59. The Bertz CT molecular complexity index is 3700. The molecule has 33 heteroatoms. The number of hydrogen-bond acceptors (Lipinski definition) is 14. The molecule has 3 N–H and O–H groups in total. The maximum atomic E-state index is 15.8. The van der Waals surface area contributed by atoms with Gasteiger partial charge in [0.25, 0.3) is 0 Å². The van der Waals surface area contributed by atoms with Crippen LogP contribution in [0.1, 0.15) is 141 Å². The second kappa shape index (κ2) is 36.6. The molecule has 0 radical (unpaired) electrons. The molecule has 0 unspecified atom stereocenters. The van der Waals surface area contributed by atoms with E-state index in [9.17, 15) is 55.1 Å². The van der Waals surface area contributed by atoms with Crippen LogP contribution in [0.2, 0.25) is 5.02 Å². The number of benzene rings is 2. The number of nitrogens with one attached hydrogen (secondary N) is 3. The summed E-state index contributed by atoms with van der Waals surface area (Å²) in [6, 6.07) is -5.01. The van der Waals surface area contributed by atoms with Crippen LogP contribution in [0.5, 0.6) is 0 Å². The van der Waals surface area contributed by atoms with Gasteiger partial charge in [-0.05, 0) is 118 Å². The van der Waals surface area contributed by atoms with Gasteiger partial charge in [-0.25, -0.2) is 0 Å². The maximum absolute atomic E-state index is 15.8. The fourth-order valence-electron chi connectivity index (χ4n) is 15.8. The summed E-state index contributed by atoms with van der Waals surface area (Å²) in [4.78, 5) is 192. The van der Waals surface area contributed by atoms with Crippen molar-refractivity contribution >= 4 is 82.5 Å². The molecule has 11 atom stereocenters. The number of methoxy groups -OCH3 is 1. The van der Waals surface area contributed by atoms with E-state index in [-0.39, 0.29) is 75.8 Å². The molecule has 12 amide bonds. The van der Waals surface area contributed by atoms with Gasteiger partial charge in [-0.3, -0.25) is 57.5 Å². The normalized spacial score (nSPS) is 26.7. The van der Waals surface area contributed by atoms with Crippen molar-refractivity contribution in [1.29, 1.82) is 0 Å². The van der Waals surface area contributed by atoms with E-state index in [4.69, 9.17) is 21.1 Å². The molecule has 3 aliphatic heterocycles. The topological polar surface area (TPSA) is 289 Å². The van der Waals surface area contributed by atoms with Crippen molar-refractivity contribution in [3.63, 3.8) is 0 Å². The van der Waals surface area contributed by atoms with Gasteiger partial charge in [0.05, 0.1) is 47.9 Å². The zero-order chi connectivity index (χ0) is 81.3. The third kappa shape index (κ3) is 21.0. The van der Waals surface area contributed by atoms with Crippen LogP contribution in [0.3, 0.4) is 0 Å². The minimum absolute atomic E-state index is 0.0259. The van der Waals surface area contributed by atoms with Crippen LogP contribution in [0, 0.1) is 17.3 Å². The molecule has 3 heterocycles. The Hall–Kier alpha value is -8.39. The number of rotatable bonds is 13. The Kier molecular flexibility index (Phi) is 29.5. The average Bonchev–Trinajstić information content (AvgIpc) is 1.49. The standard InChI is InChI=1S/C76H107ClF6N12O14/c1-16-44(3)61-70(105)89(10)41-60(98)90(11)54-25-19-18-22-34-94(69(54)104)57(36-47-26-30-49(31-27-47)75(78,79)80)68(103)88(9)40-58(96)84-53(33-29-46-28-32-51(52(77)35-46)76(81,82)83)66(101)95-39-50(109-17-2)37-55(95)64(99)86-74(42-73(5,6)43-74)72(107)93(14)63(48-23-20-21-24-48)71(106)91(12)56(67(102)87(7)8)38-59(97)92(13)62(45(4)108-15)65(100)85-61/h18-19,26-28,30-32,35,44-45,48,50,53-57,61-63H,16-17,20-25,29,33-34,36-43H2,1-15H3,(H,84,96)(H,85,100)(H,86,99)/b19-18-/t44-,45+,50+,53-,54+,55-,56-,57-,61-,62-,63-/m0/s1.